The highest BCUT2D eigenvalue weighted by Crippen LogP contribution is 2.02. The first-order chi connectivity index (χ1) is 7.72. The maximum Gasteiger partial charge on any atom is 0.315 e. The van der Waals surface area contributed by atoms with Gasteiger partial charge in [-0.15, -0.1) is 11.6 Å². The van der Waals surface area contributed by atoms with Crippen LogP contribution in [-0.4, -0.2) is 24.5 Å². The Balaban J connectivity index is 2.30. The van der Waals surface area contributed by atoms with Crippen LogP contribution in [0.15, 0.2) is 30.3 Å². The number of benzene rings is 1. The minimum Gasteiger partial charge on any atom is -0.337 e. The number of halogens is 1. The quantitative estimate of drug-likeness (QED) is 0.761. The molecule has 0 unspecified atom stereocenters. The van der Waals surface area contributed by atoms with Gasteiger partial charge in [0.05, 0.1) is 0 Å². The molecule has 0 aromatic heterocycles. The zero-order valence-corrected chi connectivity index (χ0v) is 10.1. The molecule has 0 fully saturated rings. The number of hydrogen-bond donors (Lipinski definition) is 2. The van der Waals surface area contributed by atoms with Crippen LogP contribution in [0.2, 0.25) is 0 Å². The normalized spacial score (nSPS) is 11.9. The van der Waals surface area contributed by atoms with E-state index in [2.05, 4.69) is 22.8 Å². The SMILES string of the molecule is C[C@H](Cc1ccccc1)NC(=O)NCCCl. The van der Waals surface area contributed by atoms with Crippen molar-refractivity contribution >= 4 is 17.6 Å². The largest absolute Gasteiger partial charge is 0.337 e. The van der Waals surface area contributed by atoms with Gasteiger partial charge in [-0.1, -0.05) is 30.3 Å². The van der Waals surface area contributed by atoms with Crippen LogP contribution in [0.5, 0.6) is 0 Å². The van der Waals surface area contributed by atoms with Gasteiger partial charge < -0.3 is 10.6 Å². The molecule has 1 rings (SSSR count). The van der Waals surface area contributed by atoms with Gasteiger partial charge in [-0.2, -0.15) is 0 Å². The van der Waals surface area contributed by atoms with Crippen molar-refractivity contribution < 1.29 is 4.79 Å². The molecule has 4 heteroatoms. The Bertz CT molecular complexity index is 316. The zero-order chi connectivity index (χ0) is 11.8. The summed E-state index contributed by atoms with van der Waals surface area (Å²) in [5.41, 5.74) is 1.22. The first kappa shape index (κ1) is 12.8. The topological polar surface area (TPSA) is 41.1 Å². The standard InChI is InChI=1S/C12H17ClN2O/c1-10(15-12(16)14-8-7-13)9-11-5-3-2-4-6-11/h2-6,10H,7-9H2,1H3,(H2,14,15,16)/t10-/m1/s1. The predicted octanol–water partition coefficient (Wildman–Crippen LogP) is 2.16. The van der Waals surface area contributed by atoms with Gasteiger partial charge in [-0.05, 0) is 18.9 Å². The summed E-state index contributed by atoms with van der Waals surface area (Å²) in [7, 11) is 0. The van der Waals surface area contributed by atoms with Crippen LogP contribution in [0, 0.1) is 0 Å². The molecule has 88 valence electrons. The summed E-state index contributed by atoms with van der Waals surface area (Å²) in [5.74, 6) is 0.431. The van der Waals surface area contributed by atoms with Crippen LogP contribution in [0.3, 0.4) is 0 Å². The second-order valence-corrected chi connectivity index (χ2v) is 4.06. The van der Waals surface area contributed by atoms with E-state index in [0.717, 1.165) is 6.42 Å². The fraction of sp³-hybridized carbons (Fsp3) is 0.417. The zero-order valence-electron chi connectivity index (χ0n) is 9.37. The molecule has 0 saturated heterocycles. The van der Waals surface area contributed by atoms with Crippen molar-refractivity contribution in [2.45, 2.75) is 19.4 Å². The van der Waals surface area contributed by atoms with Crippen molar-refractivity contribution in [2.24, 2.45) is 0 Å². The Labute approximate surface area is 101 Å². The first-order valence-corrected chi connectivity index (χ1v) is 5.90. The molecule has 1 aromatic carbocycles. The second-order valence-electron chi connectivity index (χ2n) is 3.68. The van der Waals surface area contributed by atoms with Gasteiger partial charge in [0.2, 0.25) is 0 Å². The lowest BCUT2D eigenvalue weighted by molar-refractivity contribution is 0.238. The number of hydrogen-bond acceptors (Lipinski definition) is 1. The van der Waals surface area contributed by atoms with Gasteiger partial charge in [0.25, 0.3) is 0 Å². The molecule has 0 bridgehead atoms. The number of carbonyl (C=O) groups is 1. The summed E-state index contributed by atoms with van der Waals surface area (Å²) in [6, 6.07) is 10.0. The Kier molecular flexibility index (Phi) is 5.72. The third-order valence-electron chi connectivity index (χ3n) is 2.14. The van der Waals surface area contributed by atoms with E-state index >= 15 is 0 Å². The Morgan fingerprint density at radius 3 is 2.69 bits per heavy atom. The molecule has 0 radical (unpaired) electrons. The van der Waals surface area contributed by atoms with Gasteiger partial charge >= 0.3 is 6.03 Å². The molecule has 0 aliphatic rings. The smallest absolute Gasteiger partial charge is 0.315 e. The van der Waals surface area contributed by atoms with Gasteiger partial charge in [0.1, 0.15) is 0 Å². The van der Waals surface area contributed by atoms with Crippen molar-refractivity contribution in [3.63, 3.8) is 0 Å². The Morgan fingerprint density at radius 1 is 1.38 bits per heavy atom. The van der Waals surface area contributed by atoms with Crippen molar-refractivity contribution in [3.05, 3.63) is 35.9 Å². The maximum atomic E-state index is 11.3. The van der Waals surface area contributed by atoms with Crippen LogP contribution in [0.4, 0.5) is 4.79 Å². The van der Waals surface area contributed by atoms with E-state index in [0.29, 0.717) is 12.4 Å². The average molecular weight is 241 g/mol. The van der Waals surface area contributed by atoms with Crippen molar-refractivity contribution in [3.8, 4) is 0 Å². The minimum absolute atomic E-state index is 0.109. The number of rotatable bonds is 5. The van der Waals surface area contributed by atoms with E-state index in [9.17, 15) is 4.79 Å². The molecule has 2 N–H and O–H groups in total. The average Bonchev–Trinajstić information content (AvgIpc) is 2.27. The van der Waals surface area contributed by atoms with Gasteiger partial charge in [-0.3, -0.25) is 0 Å². The number of amides is 2. The van der Waals surface area contributed by atoms with E-state index in [4.69, 9.17) is 11.6 Å². The number of alkyl halides is 1. The maximum absolute atomic E-state index is 11.3. The highest BCUT2D eigenvalue weighted by molar-refractivity contribution is 6.18. The van der Waals surface area contributed by atoms with E-state index < -0.39 is 0 Å². The van der Waals surface area contributed by atoms with E-state index in [1.54, 1.807) is 0 Å². The molecule has 1 aromatic rings. The van der Waals surface area contributed by atoms with Crippen LogP contribution in [0.1, 0.15) is 12.5 Å². The number of urea groups is 1. The minimum atomic E-state index is -0.163. The van der Waals surface area contributed by atoms with Gasteiger partial charge in [0, 0.05) is 18.5 Å². The van der Waals surface area contributed by atoms with Crippen LogP contribution >= 0.6 is 11.6 Å². The summed E-state index contributed by atoms with van der Waals surface area (Å²) < 4.78 is 0. The van der Waals surface area contributed by atoms with Crippen LogP contribution in [-0.2, 0) is 6.42 Å². The fourth-order valence-corrected chi connectivity index (χ4v) is 1.55. The molecule has 2 amide bonds. The lowest BCUT2D eigenvalue weighted by Gasteiger charge is -2.14. The second kappa shape index (κ2) is 7.12. The lowest BCUT2D eigenvalue weighted by Crippen LogP contribution is -2.42. The molecular weight excluding hydrogens is 224 g/mol. The number of nitrogens with one attached hydrogen (secondary N) is 2. The number of carbonyl (C=O) groups excluding carboxylic acids is 1. The molecule has 3 nitrogen and oxygen atoms in total. The molecule has 16 heavy (non-hydrogen) atoms. The Morgan fingerprint density at radius 2 is 2.06 bits per heavy atom. The highest BCUT2D eigenvalue weighted by atomic mass is 35.5. The lowest BCUT2D eigenvalue weighted by atomic mass is 10.1. The van der Waals surface area contributed by atoms with Gasteiger partial charge in [-0.25, -0.2) is 4.79 Å². The van der Waals surface area contributed by atoms with Crippen molar-refractivity contribution in [1.82, 2.24) is 10.6 Å². The Hall–Kier alpha value is -1.22. The summed E-state index contributed by atoms with van der Waals surface area (Å²) in [6.45, 7) is 2.47. The van der Waals surface area contributed by atoms with E-state index in [-0.39, 0.29) is 12.1 Å². The van der Waals surface area contributed by atoms with Crippen molar-refractivity contribution in [1.29, 1.82) is 0 Å². The summed E-state index contributed by atoms with van der Waals surface area (Å²) in [4.78, 5) is 11.3. The highest BCUT2D eigenvalue weighted by Gasteiger charge is 2.06. The summed E-state index contributed by atoms with van der Waals surface area (Å²) >= 11 is 5.47. The molecular formula is C12H17ClN2O. The molecule has 0 spiro atoms. The molecule has 0 saturated carbocycles. The van der Waals surface area contributed by atoms with Gasteiger partial charge in [0.15, 0.2) is 0 Å². The summed E-state index contributed by atoms with van der Waals surface area (Å²) in [5, 5.41) is 5.52. The van der Waals surface area contributed by atoms with Crippen LogP contribution in [0.25, 0.3) is 0 Å². The van der Waals surface area contributed by atoms with E-state index in [1.165, 1.54) is 5.56 Å². The predicted molar refractivity (Wildman–Crippen MR) is 66.9 cm³/mol. The molecule has 0 aliphatic heterocycles. The van der Waals surface area contributed by atoms with Crippen molar-refractivity contribution in [2.75, 3.05) is 12.4 Å². The van der Waals surface area contributed by atoms with E-state index in [1.807, 2.05) is 25.1 Å². The fourth-order valence-electron chi connectivity index (χ4n) is 1.45. The van der Waals surface area contributed by atoms with Crippen LogP contribution < -0.4 is 10.6 Å². The molecule has 1 atom stereocenters. The molecule has 0 heterocycles. The third-order valence-corrected chi connectivity index (χ3v) is 2.33. The first-order valence-electron chi connectivity index (χ1n) is 5.36. The summed E-state index contributed by atoms with van der Waals surface area (Å²) in [6.07, 6.45) is 0.829. The molecule has 0 aliphatic carbocycles. The third kappa shape index (κ3) is 5.03. The monoisotopic (exact) mass is 240 g/mol.